The molecule has 0 amide bonds. The lowest BCUT2D eigenvalue weighted by atomic mass is 9.97. The van der Waals surface area contributed by atoms with Crippen molar-refractivity contribution in [1.29, 1.82) is 0 Å². The Labute approximate surface area is 322 Å². The summed E-state index contributed by atoms with van der Waals surface area (Å²) in [5, 5.41) is 7.40. The number of furan rings is 1. The van der Waals surface area contributed by atoms with E-state index in [1.807, 2.05) is 23.5 Å². The highest BCUT2D eigenvalue weighted by molar-refractivity contribution is 7.25. The smallest absolute Gasteiger partial charge is 0.135 e. The van der Waals surface area contributed by atoms with Crippen LogP contribution in [0, 0.1) is 0 Å². The van der Waals surface area contributed by atoms with E-state index in [4.69, 9.17) is 4.42 Å². The molecule has 2 nitrogen and oxygen atoms in total. The number of benzene rings is 9. The van der Waals surface area contributed by atoms with E-state index in [-0.39, 0.29) is 0 Å². The summed E-state index contributed by atoms with van der Waals surface area (Å²) >= 11 is 1.86. The van der Waals surface area contributed by atoms with E-state index in [9.17, 15) is 0 Å². The number of rotatable bonds is 6. The summed E-state index contributed by atoms with van der Waals surface area (Å²) in [6, 6.07) is 72.4. The zero-order valence-corrected chi connectivity index (χ0v) is 30.6. The van der Waals surface area contributed by atoms with Crippen LogP contribution in [-0.2, 0) is 0 Å². The third kappa shape index (κ3) is 5.48. The molecule has 11 aromatic rings. The van der Waals surface area contributed by atoms with Crippen molar-refractivity contribution in [2.75, 3.05) is 4.90 Å². The zero-order valence-electron chi connectivity index (χ0n) is 29.8. The lowest BCUT2D eigenvalue weighted by molar-refractivity contribution is 0.669. The number of nitrogens with zero attached hydrogens (tertiary/aromatic N) is 1. The maximum absolute atomic E-state index is 6.17. The third-order valence-electron chi connectivity index (χ3n) is 10.9. The van der Waals surface area contributed by atoms with Gasteiger partial charge in [-0.2, -0.15) is 0 Å². The van der Waals surface area contributed by atoms with Gasteiger partial charge in [-0.25, -0.2) is 0 Å². The van der Waals surface area contributed by atoms with Crippen molar-refractivity contribution >= 4 is 81.3 Å². The molecule has 0 fully saturated rings. The molecule has 0 aliphatic rings. The van der Waals surface area contributed by atoms with Crippen molar-refractivity contribution in [3.05, 3.63) is 200 Å². The molecule has 2 aromatic heterocycles. The number of para-hydroxylation sites is 1. The summed E-state index contributed by atoms with van der Waals surface area (Å²) < 4.78 is 8.79. The Morgan fingerprint density at radius 2 is 0.909 bits per heavy atom. The maximum atomic E-state index is 6.17. The van der Waals surface area contributed by atoms with Crippen LogP contribution in [-0.4, -0.2) is 0 Å². The first kappa shape index (κ1) is 31.6. The van der Waals surface area contributed by atoms with Crippen molar-refractivity contribution in [3.8, 4) is 33.4 Å². The second-order valence-corrected chi connectivity index (χ2v) is 15.2. The summed E-state index contributed by atoms with van der Waals surface area (Å²) in [6.07, 6.45) is 0. The van der Waals surface area contributed by atoms with E-state index in [0.717, 1.165) is 50.1 Å². The summed E-state index contributed by atoms with van der Waals surface area (Å²) in [7, 11) is 0. The lowest BCUT2D eigenvalue weighted by Crippen LogP contribution is -2.10. The summed E-state index contributed by atoms with van der Waals surface area (Å²) in [4.78, 5) is 2.38. The molecular weight excluding hydrogens is 687 g/mol. The molecule has 0 saturated carbocycles. The van der Waals surface area contributed by atoms with Crippen LogP contribution in [0.1, 0.15) is 0 Å². The Morgan fingerprint density at radius 3 is 1.73 bits per heavy atom. The molecule has 258 valence electrons. The van der Waals surface area contributed by atoms with Crippen LogP contribution >= 0.6 is 11.3 Å². The van der Waals surface area contributed by atoms with Crippen LogP contribution in [0.3, 0.4) is 0 Å². The van der Waals surface area contributed by atoms with E-state index in [1.54, 1.807) is 0 Å². The number of thiophene rings is 1. The van der Waals surface area contributed by atoms with Gasteiger partial charge in [-0.1, -0.05) is 133 Å². The minimum absolute atomic E-state index is 0.902. The second-order valence-electron chi connectivity index (χ2n) is 14.1. The van der Waals surface area contributed by atoms with Crippen molar-refractivity contribution in [2.24, 2.45) is 0 Å². The monoisotopic (exact) mass is 719 g/mol. The molecule has 0 saturated heterocycles. The van der Waals surface area contributed by atoms with Gasteiger partial charge in [0.15, 0.2) is 0 Å². The molecule has 0 unspecified atom stereocenters. The number of hydrogen-bond donors (Lipinski definition) is 0. The van der Waals surface area contributed by atoms with Gasteiger partial charge in [0.2, 0.25) is 0 Å². The summed E-state index contributed by atoms with van der Waals surface area (Å²) in [5.74, 6) is 0. The van der Waals surface area contributed by atoms with Crippen LogP contribution in [0.25, 0.3) is 86.3 Å². The molecule has 3 heteroatoms. The predicted octanol–water partition coefficient (Wildman–Crippen LogP) is 15.6. The molecular formula is C52H33NOS. The molecule has 0 bridgehead atoms. The first-order valence-electron chi connectivity index (χ1n) is 18.7. The summed E-state index contributed by atoms with van der Waals surface area (Å²) in [5.41, 5.74) is 12.2. The third-order valence-corrected chi connectivity index (χ3v) is 12.0. The van der Waals surface area contributed by atoms with Crippen LogP contribution in [0.15, 0.2) is 205 Å². The molecule has 0 atom stereocenters. The van der Waals surface area contributed by atoms with Crippen molar-refractivity contribution in [3.63, 3.8) is 0 Å². The van der Waals surface area contributed by atoms with Crippen LogP contribution in [0.5, 0.6) is 0 Å². The highest BCUT2D eigenvalue weighted by Crippen LogP contribution is 2.42. The van der Waals surface area contributed by atoms with Crippen molar-refractivity contribution in [2.45, 2.75) is 0 Å². The van der Waals surface area contributed by atoms with Gasteiger partial charge in [-0.05, 0) is 111 Å². The zero-order chi connectivity index (χ0) is 36.3. The largest absolute Gasteiger partial charge is 0.456 e. The first-order chi connectivity index (χ1) is 27.2. The van der Waals surface area contributed by atoms with Gasteiger partial charge >= 0.3 is 0 Å². The first-order valence-corrected chi connectivity index (χ1v) is 19.5. The van der Waals surface area contributed by atoms with Gasteiger partial charge in [-0.15, -0.1) is 11.3 Å². The molecule has 0 aliphatic carbocycles. The lowest BCUT2D eigenvalue weighted by Gasteiger charge is -2.27. The Kier molecular flexibility index (Phi) is 7.39. The van der Waals surface area contributed by atoms with Gasteiger partial charge in [0.25, 0.3) is 0 Å². The van der Waals surface area contributed by atoms with Gasteiger partial charge in [0.05, 0.1) is 0 Å². The standard InChI is InChI=1S/C52H33NOS/c1-2-16-43-34(10-1)11-9-19-44(43)35-22-26-40(27-23-35)53(41-14-7-12-36(30-41)38-25-29-50-48(32-38)45-17-3-5-20-49(45)54-50)42-15-8-13-37(31-42)39-24-28-47-46-18-4-6-21-51(46)55-52(47)33-39/h1-33H. The second kappa shape index (κ2) is 12.9. The highest BCUT2D eigenvalue weighted by Gasteiger charge is 2.17. The normalized spacial score (nSPS) is 11.6. The average molecular weight is 720 g/mol. The number of anilines is 3. The van der Waals surface area contributed by atoms with Crippen LogP contribution < -0.4 is 4.90 Å². The molecule has 0 spiro atoms. The summed E-state index contributed by atoms with van der Waals surface area (Å²) in [6.45, 7) is 0. The fraction of sp³-hybridized carbons (Fsp3) is 0. The van der Waals surface area contributed by atoms with Crippen molar-refractivity contribution in [1.82, 2.24) is 0 Å². The predicted molar refractivity (Wildman–Crippen MR) is 235 cm³/mol. The fourth-order valence-corrected chi connectivity index (χ4v) is 9.32. The maximum Gasteiger partial charge on any atom is 0.135 e. The molecule has 0 radical (unpaired) electrons. The van der Waals surface area contributed by atoms with E-state index in [0.29, 0.717) is 0 Å². The number of fused-ring (bicyclic) bond motifs is 7. The highest BCUT2D eigenvalue weighted by atomic mass is 32.1. The Hall–Kier alpha value is -6.94. The Bertz CT molecular complexity index is 3220. The van der Waals surface area contributed by atoms with Crippen LogP contribution in [0.2, 0.25) is 0 Å². The van der Waals surface area contributed by atoms with E-state index in [2.05, 4.69) is 193 Å². The molecule has 55 heavy (non-hydrogen) atoms. The molecule has 9 aromatic carbocycles. The Morgan fingerprint density at radius 1 is 0.327 bits per heavy atom. The van der Waals surface area contributed by atoms with E-state index in [1.165, 1.54) is 53.2 Å². The van der Waals surface area contributed by atoms with Gasteiger partial charge in [0.1, 0.15) is 11.2 Å². The fourth-order valence-electron chi connectivity index (χ4n) is 8.17. The molecule has 2 heterocycles. The topological polar surface area (TPSA) is 16.4 Å². The SMILES string of the molecule is c1cc(-c2ccc3c(c2)sc2ccccc23)cc(N(c2ccc(-c3cccc4ccccc34)cc2)c2cccc(-c3ccc4oc5ccccc5c4c3)c2)c1. The van der Waals surface area contributed by atoms with E-state index >= 15 is 0 Å². The minimum Gasteiger partial charge on any atom is -0.456 e. The average Bonchev–Trinajstić information content (AvgIpc) is 3.82. The molecule has 11 rings (SSSR count). The van der Waals surface area contributed by atoms with Gasteiger partial charge in [-0.3, -0.25) is 0 Å². The Balaban J connectivity index is 1.04. The number of hydrogen-bond acceptors (Lipinski definition) is 3. The quantitative estimate of drug-likeness (QED) is 0.170. The van der Waals surface area contributed by atoms with Gasteiger partial charge < -0.3 is 9.32 Å². The minimum atomic E-state index is 0.902. The van der Waals surface area contributed by atoms with Crippen molar-refractivity contribution < 1.29 is 4.42 Å². The van der Waals surface area contributed by atoms with Gasteiger partial charge in [0, 0.05) is 48.0 Å². The van der Waals surface area contributed by atoms with E-state index < -0.39 is 0 Å². The van der Waals surface area contributed by atoms with Crippen LogP contribution in [0.4, 0.5) is 17.1 Å². The molecule has 0 N–H and O–H groups in total. The molecule has 0 aliphatic heterocycles.